The van der Waals surface area contributed by atoms with Gasteiger partial charge in [0.25, 0.3) is 0 Å². The standard InChI is InChI=1S/C7H8O2/c1-3-6-5(2)4-7(8)9-6/h1,5-6H,4H2,2H3/t5?,6-/m0/s1. The highest BCUT2D eigenvalue weighted by Gasteiger charge is 2.29. The van der Waals surface area contributed by atoms with Gasteiger partial charge in [0.15, 0.2) is 6.10 Å². The molecule has 1 aliphatic rings. The van der Waals surface area contributed by atoms with Crippen molar-refractivity contribution in [1.29, 1.82) is 0 Å². The van der Waals surface area contributed by atoms with Crippen molar-refractivity contribution in [2.75, 3.05) is 0 Å². The molecule has 2 nitrogen and oxygen atoms in total. The molecule has 1 unspecified atom stereocenters. The second-order valence-corrected chi connectivity index (χ2v) is 2.26. The first-order valence-corrected chi connectivity index (χ1v) is 2.89. The molecule has 0 bridgehead atoms. The minimum absolute atomic E-state index is 0.176. The lowest BCUT2D eigenvalue weighted by Gasteiger charge is -2.02. The van der Waals surface area contributed by atoms with Gasteiger partial charge in [-0.05, 0) is 0 Å². The van der Waals surface area contributed by atoms with Crippen molar-refractivity contribution in [1.82, 2.24) is 0 Å². The van der Waals surface area contributed by atoms with E-state index in [4.69, 9.17) is 11.2 Å². The number of cyclic esters (lactones) is 1. The van der Waals surface area contributed by atoms with Crippen LogP contribution >= 0.6 is 0 Å². The molecule has 0 aromatic rings. The number of terminal acetylenes is 1. The fourth-order valence-electron chi connectivity index (χ4n) is 0.874. The highest BCUT2D eigenvalue weighted by molar-refractivity contribution is 5.72. The Balaban J connectivity index is 2.60. The van der Waals surface area contributed by atoms with Crippen molar-refractivity contribution in [3.05, 3.63) is 0 Å². The predicted molar refractivity (Wildman–Crippen MR) is 32.5 cm³/mol. The first kappa shape index (κ1) is 6.15. The summed E-state index contributed by atoms with van der Waals surface area (Å²) in [6.07, 6.45) is 5.25. The van der Waals surface area contributed by atoms with E-state index in [1.165, 1.54) is 0 Å². The molecule has 0 amide bonds. The van der Waals surface area contributed by atoms with Crippen LogP contribution in [0.15, 0.2) is 0 Å². The molecule has 1 aliphatic heterocycles. The Morgan fingerprint density at radius 1 is 1.89 bits per heavy atom. The van der Waals surface area contributed by atoms with Crippen LogP contribution in [0.25, 0.3) is 0 Å². The number of carbonyl (C=O) groups excluding carboxylic acids is 1. The lowest BCUT2D eigenvalue weighted by Crippen LogP contribution is -2.09. The van der Waals surface area contributed by atoms with Crippen molar-refractivity contribution >= 4 is 5.97 Å². The number of esters is 1. The van der Waals surface area contributed by atoms with E-state index in [0.717, 1.165) is 0 Å². The van der Waals surface area contributed by atoms with Gasteiger partial charge >= 0.3 is 5.97 Å². The van der Waals surface area contributed by atoms with E-state index in [1.54, 1.807) is 0 Å². The molecule has 0 N–H and O–H groups in total. The van der Waals surface area contributed by atoms with Crippen LogP contribution in [-0.2, 0) is 9.53 Å². The van der Waals surface area contributed by atoms with Crippen molar-refractivity contribution in [3.63, 3.8) is 0 Å². The number of carbonyl (C=O) groups is 1. The lowest BCUT2D eigenvalue weighted by atomic mass is 10.1. The number of hydrogen-bond acceptors (Lipinski definition) is 2. The van der Waals surface area contributed by atoms with Crippen LogP contribution in [0.1, 0.15) is 13.3 Å². The monoisotopic (exact) mass is 124 g/mol. The second-order valence-electron chi connectivity index (χ2n) is 2.26. The van der Waals surface area contributed by atoms with Gasteiger partial charge in [0, 0.05) is 5.92 Å². The average Bonchev–Trinajstić information content (AvgIpc) is 2.10. The third kappa shape index (κ3) is 1.05. The maximum absolute atomic E-state index is 10.5. The van der Waals surface area contributed by atoms with Crippen LogP contribution in [0.5, 0.6) is 0 Å². The Morgan fingerprint density at radius 2 is 2.56 bits per heavy atom. The summed E-state index contributed by atoms with van der Waals surface area (Å²) >= 11 is 0. The Labute approximate surface area is 54.2 Å². The third-order valence-corrected chi connectivity index (χ3v) is 1.43. The lowest BCUT2D eigenvalue weighted by molar-refractivity contribution is -0.139. The first-order valence-electron chi connectivity index (χ1n) is 2.89. The van der Waals surface area contributed by atoms with Gasteiger partial charge in [-0.3, -0.25) is 4.79 Å². The van der Waals surface area contributed by atoms with Gasteiger partial charge in [-0.15, -0.1) is 6.42 Å². The third-order valence-electron chi connectivity index (χ3n) is 1.43. The van der Waals surface area contributed by atoms with E-state index in [9.17, 15) is 4.79 Å². The molecule has 1 saturated heterocycles. The summed E-state index contributed by atoms with van der Waals surface area (Å²) < 4.78 is 4.75. The zero-order valence-corrected chi connectivity index (χ0v) is 5.26. The van der Waals surface area contributed by atoms with E-state index < -0.39 is 0 Å². The summed E-state index contributed by atoms with van der Waals surface area (Å²) in [4.78, 5) is 10.5. The van der Waals surface area contributed by atoms with Gasteiger partial charge in [-0.1, -0.05) is 12.8 Å². The smallest absolute Gasteiger partial charge is 0.307 e. The molecule has 1 rings (SSSR count). The van der Waals surface area contributed by atoms with Gasteiger partial charge in [0.05, 0.1) is 6.42 Å². The summed E-state index contributed by atoms with van der Waals surface area (Å²) in [6, 6.07) is 0. The minimum Gasteiger partial charge on any atom is -0.449 e. The van der Waals surface area contributed by atoms with E-state index in [2.05, 4.69) is 5.92 Å². The first-order chi connectivity index (χ1) is 4.24. The Hall–Kier alpha value is -0.970. The second kappa shape index (κ2) is 2.10. The van der Waals surface area contributed by atoms with Gasteiger partial charge in [-0.2, -0.15) is 0 Å². The van der Waals surface area contributed by atoms with Crippen LogP contribution in [0, 0.1) is 18.3 Å². The van der Waals surface area contributed by atoms with Crippen molar-refractivity contribution in [2.45, 2.75) is 19.4 Å². The molecule has 0 spiro atoms. The Kier molecular flexibility index (Phi) is 1.44. The Morgan fingerprint density at radius 3 is 2.78 bits per heavy atom. The number of ether oxygens (including phenoxy) is 1. The predicted octanol–water partition coefficient (Wildman–Crippen LogP) is 0.571. The van der Waals surface area contributed by atoms with Crippen LogP contribution < -0.4 is 0 Å². The molecule has 48 valence electrons. The van der Waals surface area contributed by atoms with Gasteiger partial charge < -0.3 is 4.74 Å². The van der Waals surface area contributed by atoms with Crippen LogP contribution in [0.4, 0.5) is 0 Å². The summed E-state index contributed by atoms with van der Waals surface area (Å²) in [6.45, 7) is 1.91. The van der Waals surface area contributed by atoms with Crippen LogP contribution in [0.2, 0.25) is 0 Å². The van der Waals surface area contributed by atoms with Gasteiger partial charge in [0.1, 0.15) is 0 Å². The molecule has 9 heavy (non-hydrogen) atoms. The van der Waals surface area contributed by atoms with Crippen molar-refractivity contribution in [2.24, 2.45) is 5.92 Å². The minimum atomic E-state index is -0.280. The fraction of sp³-hybridized carbons (Fsp3) is 0.571. The molecule has 0 aromatic carbocycles. The van der Waals surface area contributed by atoms with Crippen molar-refractivity contribution < 1.29 is 9.53 Å². The van der Waals surface area contributed by atoms with E-state index in [1.807, 2.05) is 6.92 Å². The van der Waals surface area contributed by atoms with Gasteiger partial charge in [0.2, 0.25) is 0 Å². The largest absolute Gasteiger partial charge is 0.449 e. The highest BCUT2D eigenvalue weighted by Crippen LogP contribution is 2.19. The topological polar surface area (TPSA) is 26.3 Å². The zero-order valence-electron chi connectivity index (χ0n) is 5.26. The van der Waals surface area contributed by atoms with Crippen LogP contribution in [0.3, 0.4) is 0 Å². The molecule has 0 radical (unpaired) electrons. The van der Waals surface area contributed by atoms with Crippen molar-refractivity contribution in [3.8, 4) is 12.3 Å². The normalized spacial score (nSPS) is 33.6. The van der Waals surface area contributed by atoms with E-state index >= 15 is 0 Å². The SMILES string of the molecule is C#C[C@@H]1OC(=O)CC1C. The molecule has 2 atom stereocenters. The number of hydrogen-bond donors (Lipinski definition) is 0. The summed E-state index contributed by atoms with van der Waals surface area (Å²) in [7, 11) is 0. The van der Waals surface area contributed by atoms with E-state index in [-0.39, 0.29) is 18.0 Å². The molecule has 0 aromatic heterocycles. The van der Waals surface area contributed by atoms with Gasteiger partial charge in [-0.25, -0.2) is 0 Å². The average molecular weight is 124 g/mol. The number of rotatable bonds is 0. The van der Waals surface area contributed by atoms with E-state index in [0.29, 0.717) is 6.42 Å². The fourth-order valence-corrected chi connectivity index (χ4v) is 0.874. The maximum Gasteiger partial charge on any atom is 0.307 e. The molecule has 0 saturated carbocycles. The summed E-state index contributed by atoms with van der Waals surface area (Å²) in [5.41, 5.74) is 0. The van der Waals surface area contributed by atoms with Crippen LogP contribution in [-0.4, -0.2) is 12.1 Å². The summed E-state index contributed by atoms with van der Waals surface area (Å²) in [5, 5.41) is 0. The highest BCUT2D eigenvalue weighted by atomic mass is 16.5. The maximum atomic E-state index is 10.5. The zero-order chi connectivity index (χ0) is 6.85. The molecular formula is C7H8O2. The molecule has 0 aliphatic carbocycles. The molecule has 1 heterocycles. The molecular weight excluding hydrogens is 116 g/mol. The Bertz CT molecular complexity index is 166. The molecule has 1 fully saturated rings. The molecule has 2 heteroatoms. The summed E-state index contributed by atoms with van der Waals surface area (Å²) in [5.74, 6) is 2.42. The quantitative estimate of drug-likeness (QED) is 0.348.